The summed E-state index contributed by atoms with van der Waals surface area (Å²) in [7, 11) is -5.52. The van der Waals surface area contributed by atoms with E-state index in [-0.39, 0.29) is 5.82 Å². The number of rotatable bonds is 5. The first kappa shape index (κ1) is 33.3. The number of aromatic nitrogens is 1. The van der Waals surface area contributed by atoms with Crippen LogP contribution in [0.5, 0.6) is 0 Å². The molecule has 4 heteroatoms. The van der Waals surface area contributed by atoms with Crippen LogP contribution in [0.3, 0.4) is 0 Å². The first-order valence-electron chi connectivity index (χ1n) is 20.0. The topological polar surface area (TPSA) is 4.93 Å². The summed E-state index contributed by atoms with van der Waals surface area (Å²) < 4.78 is 16.8. The number of nitrogens with zero attached hydrogens (tertiary/aromatic N) is 1. The zero-order chi connectivity index (χ0) is 38.4. The van der Waals surface area contributed by atoms with Gasteiger partial charge in [-0.1, -0.05) is 182 Å². The van der Waals surface area contributed by atoms with E-state index in [0.29, 0.717) is 0 Å². The molecular formula is C54H36FNSi2. The molecule has 0 atom stereocenters. The van der Waals surface area contributed by atoms with Crippen LogP contribution >= 0.6 is 0 Å². The third kappa shape index (κ3) is 4.39. The Kier molecular flexibility index (Phi) is 7.22. The summed E-state index contributed by atoms with van der Waals surface area (Å²) >= 11 is 0. The zero-order valence-corrected chi connectivity index (χ0v) is 33.6. The number of benzene rings is 9. The van der Waals surface area contributed by atoms with E-state index in [0.717, 1.165) is 16.7 Å². The summed E-state index contributed by atoms with van der Waals surface area (Å²) in [6.45, 7) is 0. The van der Waals surface area contributed by atoms with Crippen molar-refractivity contribution in [3.05, 3.63) is 224 Å². The van der Waals surface area contributed by atoms with Gasteiger partial charge in [0.15, 0.2) is 16.1 Å². The number of hydrogen-bond acceptors (Lipinski definition) is 0. The normalized spacial score (nSPS) is 14.2. The van der Waals surface area contributed by atoms with Crippen LogP contribution in [0, 0.1) is 5.82 Å². The third-order valence-corrected chi connectivity index (χ3v) is 22.8. The molecule has 1 nitrogen and oxygen atoms in total. The Balaban J connectivity index is 1.21. The lowest BCUT2D eigenvalue weighted by Gasteiger charge is -2.31. The van der Waals surface area contributed by atoms with Crippen LogP contribution in [-0.4, -0.2) is 20.7 Å². The van der Waals surface area contributed by atoms with Crippen LogP contribution in [0.4, 0.5) is 4.39 Å². The molecule has 0 spiro atoms. The maximum atomic E-state index is 14.5. The highest BCUT2D eigenvalue weighted by molar-refractivity contribution is 7.23. The van der Waals surface area contributed by atoms with Gasteiger partial charge in [-0.05, 0) is 100 Å². The van der Waals surface area contributed by atoms with Crippen molar-refractivity contribution in [1.29, 1.82) is 0 Å². The van der Waals surface area contributed by atoms with Gasteiger partial charge in [0.2, 0.25) is 0 Å². The van der Waals surface area contributed by atoms with Gasteiger partial charge >= 0.3 is 0 Å². The van der Waals surface area contributed by atoms with Crippen molar-refractivity contribution in [2.24, 2.45) is 0 Å². The van der Waals surface area contributed by atoms with Crippen LogP contribution in [-0.2, 0) is 0 Å². The Morgan fingerprint density at radius 1 is 0.310 bits per heavy atom. The summed E-state index contributed by atoms with van der Waals surface area (Å²) in [5.74, 6) is -0.238. The van der Waals surface area contributed by atoms with Crippen molar-refractivity contribution in [2.45, 2.75) is 0 Å². The average Bonchev–Trinajstić information content (AvgIpc) is 3.90. The highest BCUT2D eigenvalue weighted by Crippen LogP contribution is 2.35. The molecule has 0 bridgehead atoms. The Hall–Kier alpha value is -6.86. The van der Waals surface area contributed by atoms with Crippen molar-refractivity contribution in [3.8, 4) is 27.9 Å². The summed E-state index contributed by atoms with van der Waals surface area (Å²) in [6, 6.07) is 80.2. The molecule has 9 aromatic carbocycles. The van der Waals surface area contributed by atoms with E-state index >= 15 is 0 Å². The fraction of sp³-hybridized carbons (Fsp3) is 0. The maximum absolute atomic E-state index is 14.5. The van der Waals surface area contributed by atoms with Crippen molar-refractivity contribution in [1.82, 2.24) is 4.57 Å². The molecule has 0 saturated heterocycles. The molecule has 3 heterocycles. The molecule has 1 aromatic heterocycles. The van der Waals surface area contributed by atoms with Gasteiger partial charge in [0, 0.05) is 16.5 Å². The van der Waals surface area contributed by atoms with E-state index in [1.807, 2.05) is 12.1 Å². The summed E-state index contributed by atoms with van der Waals surface area (Å²) in [5, 5.41) is 13.6. The molecule has 272 valence electrons. The Morgan fingerprint density at radius 2 is 0.655 bits per heavy atom. The molecule has 0 radical (unpaired) electrons. The second-order valence-electron chi connectivity index (χ2n) is 15.7. The third-order valence-electron chi connectivity index (χ3n) is 13.0. The van der Waals surface area contributed by atoms with Crippen LogP contribution < -0.4 is 41.5 Å². The minimum atomic E-state index is -2.76. The lowest BCUT2D eigenvalue weighted by Crippen LogP contribution is -2.72. The van der Waals surface area contributed by atoms with Gasteiger partial charge in [-0.15, -0.1) is 0 Å². The van der Waals surface area contributed by atoms with E-state index < -0.39 is 16.1 Å². The molecule has 0 N–H and O–H groups in total. The molecule has 10 aromatic rings. The lowest BCUT2D eigenvalue weighted by atomic mass is 10.1. The highest BCUT2D eigenvalue weighted by atomic mass is 28.3. The number of hydrogen-bond donors (Lipinski definition) is 0. The summed E-state index contributed by atoms with van der Waals surface area (Å²) in [6.07, 6.45) is 0. The first-order valence-corrected chi connectivity index (χ1v) is 24.0. The van der Waals surface area contributed by atoms with E-state index in [4.69, 9.17) is 0 Å². The first-order chi connectivity index (χ1) is 28.7. The second kappa shape index (κ2) is 12.6. The Bertz CT molecular complexity index is 2950. The Labute approximate surface area is 339 Å². The van der Waals surface area contributed by atoms with Gasteiger partial charge in [0.05, 0.1) is 11.0 Å². The quantitative estimate of drug-likeness (QED) is 0.159. The molecular weight excluding hydrogens is 738 g/mol. The smallest absolute Gasteiger partial charge is 0.180 e. The standard InChI is InChI=1S/C54H36FNSi2/c55-37-27-29-38(30-28-37)56-49-33-31-41(57(39-15-3-1-4-16-39)51-23-11-7-19-43(51)44-20-8-12-24-52(44)57)35-47(49)48-36-42(32-34-50(48)56)58(40-17-5-2-6-18-40)53-25-13-9-21-45(53)46-22-10-14-26-54(46)58/h1-36H. The van der Waals surface area contributed by atoms with E-state index in [9.17, 15) is 4.39 Å². The van der Waals surface area contributed by atoms with Crippen LogP contribution in [0.2, 0.25) is 0 Å². The molecule has 0 fully saturated rings. The van der Waals surface area contributed by atoms with Crippen molar-refractivity contribution in [2.75, 3.05) is 0 Å². The predicted octanol–water partition coefficient (Wildman–Crippen LogP) is 7.64. The van der Waals surface area contributed by atoms with Crippen LogP contribution in [0.1, 0.15) is 0 Å². The van der Waals surface area contributed by atoms with Gasteiger partial charge in [0.1, 0.15) is 5.82 Å². The molecule has 12 rings (SSSR count). The van der Waals surface area contributed by atoms with E-state index in [1.165, 1.54) is 74.5 Å². The molecule has 0 aliphatic carbocycles. The fourth-order valence-corrected chi connectivity index (χ4v) is 21.2. The molecule has 58 heavy (non-hydrogen) atoms. The molecule has 0 amide bonds. The summed E-state index contributed by atoms with van der Waals surface area (Å²) in [4.78, 5) is 0. The highest BCUT2D eigenvalue weighted by Gasteiger charge is 2.50. The number of halogens is 1. The lowest BCUT2D eigenvalue weighted by molar-refractivity contribution is 0.627. The van der Waals surface area contributed by atoms with Gasteiger partial charge in [-0.25, -0.2) is 4.39 Å². The van der Waals surface area contributed by atoms with Gasteiger partial charge < -0.3 is 4.57 Å². The molecule has 0 saturated carbocycles. The minimum absolute atomic E-state index is 0.238. The SMILES string of the molecule is Fc1ccc(-n2c3ccc([Si]4(c5ccccc5)c5ccccc5-c5ccccc54)cc3c3cc([Si]4(c5ccccc5)c5ccccc5-c5ccccc54)ccc32)cc1. The van der Waals surface area contributed by atoms with Gasteiger partial charge in [-0.2, -0.15) is 0 Å². The largest absolute Gasteiger partial charge is 0.309 e. The van der Waals surface area contributed by atoms with Crippen molar-refractivity contribution < 1.29 is 4.39 Å². The maximum Gasteiger partial charge on any atom is 0.180 e. The predicted molar refractivity (Wildman–Crippen MR) is 246 cm³/mol. The van der Waals surface area contributed by atoms with E-state index in [1.54, 1.807) is 12.1 Å². The Morgan fingerprint density at radius 3 is 1.03 bits per heavy atom. The van der Waals surface area contributed by atoms with E-state index in [2.05, 4.69) is 199 Å². The number of fused-ring (bicyclic) bond motifs is 9. The fourth-order valence-electron chi connectivity index (χ4n) is 10.8. The summed E-state index contributed by atoms with van der Waals surface area (Å²) in [5.41, 5.74) is 8.50. The molecule has 2 aliphatic heterocycles. The van der Waals surface area contributed by atoms with Crippen LogP contribution in [0.25, 0.3) is 49.7 Å². The van der Waals surface area contributed by atoms with Gasteiger partial charge in [-0.3, -0.25) is 0 Å². The van der Waals surface area contributed by atoms with Gasteiger partial charge in [0.25, 0.3) is 0 Å². The van der Waals surface area contributed by atoms with Crippen molar-refractivity contribution in [3.63, 3.8) is 0 Å². The monoisotopic (exact) mass is 773 g/mol. The van der Waals surface area contributed by atoms with Crippen molar-refractivity contribution >= 4 is 79.4 Å². The molecule has 2 aliphatic rings. The zero-order valence-electron chi connectivity index (χ0n) is 31.6. The van der Waals surface area contributed by atoms with Crippen LogP contribution in [0.15, 0.2) is 218 Å². The second-order valence-corrected chi connectivity index (χ2v) is 23.2. The average molecular weight is 774 g/mol. The molecule has 0 unspecified atom stereocenters. The minimum Gasteiger partial charge on any atom is -0.309 e.